The molecule has 0 heterocycles. The predicted molar refractivity (Wildman–Crippen MR) is 78.8 cm³/mol. The summed E-state index contributed by atoms with van der Waals surface area (Å²) in [6, 6.07) is 11.5. The van der Waals surface area contributed by atoms with Gasteiger partial charge in [0.15, 0.2) is 0 Å². The number of non-ortho nitro benzene ring substituents is 1. The number of esters is 1. The number of carbonyl (C=O) groups is 2. The van der Waals surface area contributed by atoms with Crippen molar-refractivity contribution in [3.8, 4) is 0 Å². The van der Waals surface area contributed by atoms with Crippen molar-refractivity contribution in [1.29, 1.82) is 0 Å². The molecule has 112 valence electrons. The average molecular weight is 300 g/mol. The summed E-state index contributed by atoms with van der Waals surface area (Å²) in [5.41, 5.74) is 0.833. The minimum atomic E-state index is -0.568. The molecule has 0 bridgehead atoms. The summed E-state index contributed by atoms with van der Waals surface area (Å²) in [7, 11) is 1.28. The molecule has 0 saturated heterocycles. The first-order valence-electron chi connectivity index (χ1n) is 6.25. The molecule has 0 fully saturated rings. The fourth-order valence-corrected chi connectivity index (χ4v) is 1.77. The Morgan fingerprint density at radius 3 is 2.36 bits per heavy atom. The van der Waals surface area contributed by atoms with Crippen LogP contribution in [0.5, 0.6) is 0 Å². The van der Waals surface area contributed by atoms with Crippen molar-refractivity contribution in [2.45, 2.75) is 0 Å². The second kappa shape index (κ2) is 6.49. The van der Waals surface area contributed by atoms with Gasteiger partial charge >= 0.3 is 5.97 Å². The first kappa shape index (κ1) is 15.2. The molecule has 0 aromatic heterocycles. The number of hydrogen-bond acceptors (Lipinski definition) is 5. The van der Waals surface area contributed by atoms with Crippen LogP contribution in [0.25, 0.3) is 0 Å². The van der Waals surface area contributed by atoms with Gasteiger partial charge in [0.25, 0.3) is 11.6 Å². The Kier molecular flexibility index (Phi) is 4.47. The van der Waals surface area contributed by atoms with Crippen LogP contribution in [0.4, 0.5) is 11.4 Å². The molecule has 7 nitrogen and oxygen atoms in total. The molecule has 0 radical (unpaired) electrons. The van der Waals surface area contributed by atoms with E-state index in [1.807, 2.05) is 0 Å². The Morgan fingerprint density at radius 2 is 1.77 bits per heavy atom. The Balaban J connectivity index is 2.13. The van der Waals surface area contributed by atoms with Gasteiger partial charge in [0, 0.05) is 23.4 Å². The fourth-order valence-electron chi connectivity index (χ4n) is 1.77. The summed E-state index contributed by atoms with van der Waals surface area (Å²) in [5.74, 6) is -0.953. The predicted octanol–water partition coefficient (Wildman–Crippen LogP) is 2.63. The van der Waals surface area contributed by atoms with Gasteiger partial charge in [-0.2, -0.15) is 0 Å². The van der Waals surface area contributed by atoms with Crippen molar-refractivity contribution in [3.63, 3.8) is 0 Å². The lowest BCUT2D eigenvalue weighted by atomic mass is 10.1. The standard InChI is InChI=1S/C15H12N2O5/c1-22-15(19)10-5-7-12(8-6-10)16-14(18)11-3-2-4-13(9-11)17(20)21/h2-9H,1H3,(H,16,18). The summed E-state index contributed by atoms with van der Waals surface area (Å²) in [6.07, 6.45) is 0. The van der Waals surface area contributed by atoms with Gasteiger partial charge in [-0.15, -0.1) is 0 Å². The summed E-state index contributed by atoms with van der Waals surface area (Å²) < 4.78 is 4.57. The molecule has 0 aliphatic rings. The minimum absolute atomic E-state index is 0.159. The second-order valence-corrected chi connectivity index (χ2v) is 4.33. The maximum Gasteiger partial charge on any atom is 0.337 e. The van der Waals surface area contributed by atoms with Crippen LogP contribution in [0.2, 0.25) is 0 Å². The molecule has 0 spiro atoms. The molecular formula is C15H12N2O5. The lowest BCUT2D eigenvalue weighted by Crippen LogP contribution is -2.12. The molecule has 7 heteroatoms. The van der Waals surface area contributed by atoms with Crippen LogP contribution in [0.15, 0.2) is 48.5 Å². The zero-order chi connectivity index (χ0) is 16.1. The van der Waals surface area contributed by atoms with Gasteiger partial charge in [-0.1, -0.05) is 6.07 Å². The van der Waals surface area contributed by atoms with Gasteiger partial charge in [0.05, 0.1) is 17.6 Å². The Hall–Kier alpha value is -3.22. The topological polar surface area (TPSA) is 98.5 Å². The summed E-state index contributed by atoms with van der Waals surface area (Å²) >= 11 is 0. The number of benzene rings is 2. The zero-order valence-electron chi connectivity index (χ0n) is 11.6. The number of nitro groups is 1. The van der Waals surface area contributed by atoms with Crippen molar-refractivity contribution in [2.75, 3.05) is 12.4 Å². The van der Waals surface area contributed by atoms with Crippen molar-refractivity contribution >= 4 is 23.3 Å². The first-order valence-corrected chi connectivity index (χ1v) is 6.25. The lowest BCUT2D eigenvalue weighted by molar-refractivity contribution is -0.384. The van der Waals surface area contributed by atoms with Gasteiger partial charge in [0.2, 0.25) is 0 Å². The SMILES string of the molecule is COC(=O)c1ccc(NC(=O)c2cccc([N+](=O)[O-])c2)cc1. The highest BCUT2D eigenvalue weighted by molar-refractivity contribution is 6.04. The highest BCUT2D eigenvalue weighted by Crippen LogP contribution is 2.16. The largest absolute Gasteiger partial charge is 0.465 e. The van der Waals surface area contributed by atoms with Gasteiger partial charge < -0.3 is 10.1 Å². The van der Waals surface area contributed by atoms with Crippen LogP contribution in [0.3, 0.4) is 0 Å². The van der Waals surface area contributed by atoms with Crippen molar-refractivity contribution in [1.82, 2.24) is 0 Å². The number of carbonyl (C=O) groups excluding carboxylic acids is 2. The van der Waals surface area contributed by atoms with Gasteiger partial charge in [-0.05, 0) is 30.3 Å². The lowest BCUT2D eigenvalue weighted by Gasteiger charge is -2.06. The number of ether oxygens (including phenoxy) is 1. The molecule has 1 N–H and O–H groups in total. The van der Waals surface area contributed by atoms with Crippen molar-refractivity contribution in [2.24, 2.45) is 0 Å². The number of nitro benzene ring substituents is 1. The van der Waals surface area contributed by atoms with E-state index in [1.54, 1.807) is 12.1 Å². The van der Waals surface area contributed by atoms with E-state index in [-0.39, 0.29) is 11.3 Å². The number of nitrogens with zero attached hydrogens (tertiary/aromatic N) is 1. The summed E-state index contributed by atoms with van der Waals surface area (Å²) in [4.78, 5) is 33.5. The average Bonchev–Trinajstić information content (AvgIpc) is 2.54. The molecule has 2 aromatic carbocycles. The monoisotopic (exact) mass is 300 g/mol. The quantitative estimate of drug-likeness (QED) is 0.531. The fraction of sp³-hybridized carbons (Fsp3) is 0.0667. The molecule has 0 unspecified atom stereocenters. The summed E-state index contributed by atoms with van der Waals surface area (Å²) in [5, 5.41) is 13.3. The maximum absolute atomic E-state index is 12.0. The van der Waals surface area contributed by atoms with Gasteiger partial charge in [-0.3, -0.25) is 14.9 Å². The van der Waals surface area contributed by atoms with Gasteiger partial charge in [0.1, 0.15) is 0 Å². The van der Waals surface area contributed by atoms with Crippen LogP contribution in [0, 0.1) is 10.1 Å². The van der Waals surface area contributed by atoms with Crippen molar-refractivity contribution in [3.05, 3.63) is 69.8 Å². The molecular weight excluding hydrogens is 288 g/mol. The number of hydrogen-bond donors (Lipinski definition) is 1. The van der Waals surface area contributed by atoms with E-state index in [1.165, 1.54) is 43.5 Å². The van der Waals surface area contributed by atoms with Crippen LogP contribution in [0.1, 0.15) is 20.7 Å². The van der Waals surface area contributed by atoms with E-state index >= 15 is 0 Å². The highest BCUT2D eigenvalue weighted by Gasteiger charge is 2.12. The Bertz CT molecular complexity index is 725. The smallest absolute Gasteiger partial charge is 0.337 e. The number of rotatable bonds is 4. The molecule has 0 aliphatic heterocycles. The van der Waals surface area contributed by atoms with Crippen LogP contribution in [-0.2, 0) is 4.74 Å². The number of anilines is 1. The van der Waals surface area contributed by atoms with E-state index in [9.17, 15) is 19.7 Å². The summed E-state index contributed by atoms with van der Waals surface area (Å²) in [6.45, 7) is 0. The Morgan fingerprint density at radius 1 is 1.09 bits per heavy atom. The van der Waals surface area contributed by atoms with Gasteiger partial charge in [-0.25, -0.2) is 4.79 Å². The number of methoxy groups -OCH3 is 1. The van der Waals surface area contributed by atoms with E-state index in [4.69, 9.17) is 0 Å². The third-order valence-electron chi connectivity index (χ3n) is 2.88. The van der Waals surface area contributed by atoms with E-state index in [0.717, 1.165) is 0 Å². The van der Waals surface area contributed by atoms with Crippen LogP contribution in [-0.4, -0.2) is 23.9 Å². The zero-order valence-corrected chi connectivity index (χ0v) is 11.6. The molecule has 2 rings (SSSR count). The first-order chi connectivity index (χ1) is 10.5. The molecule has 0 atom stereocenters. The second-order valence-electron chi connectivity index (χ2n) is 4.33. The Labute approximate surface area is 125 Å². The van der Waals surface area contributed by atoms with Crippen LogP contribution >= 0.6 is 0 Å². The minimum Gasteiger partial charge on any atom is -0.465 e. The molecule has 1 amide bonds. The van der Waals surface area contributed by atoms with Crippen LogP contribution < -0.4 is 5.32 Å². The number of amides is 1. The normalized spacial score (nSPS) is 9.86. The maximum atomic E-state index is 12.0. The van der Waals surface area contributed by atoms with Crippen molar-refractivity contribution < 1.29 is 19.2 Å². The van der Waals surface area contributed by atoms with E-state index < -0.39 is 16.8 Å². The third-order valence-corrected chi connectivity index (χ3v) is 2.88. The number of nitrogens with one attached hydrogen (secondary N) is 1. The molecule has 2 aromatic rings. The highest BCUT2D eigenvalue weighted by atomic mass is 16.6. The molecule has 22 heavy (non-hydrogen) atoms. The third kappa shape index (κ3) is 3.45. The molecule has 0 saturated carbocycles. The molecule has 0 aliphatic carbocycles. The van der Waals surface area contributed by atoms with E-state index in [2.05, 4.69) is 10.1 Å². The van der Waals surface area contributed by atoms with E-state index in [0.29, 0.717) is 11.3 Å².